The zero-order chi connectivity index (χ0) is 16.3. The zero-order valence-electron chi connectivity index (χ0n) is 13.2. The van der Waals surface area contributed by atoms with Crippen LogP contribution in [-0.2, 0) is 0 Å². The van der Waals surface area contributed by atoms with Crippen LogP contribution in [0.15, 0.2) is 12.1 Å². The van der Waals surface area contributed by atoms with Gasteiger partial charge in [-0.15, -0.1) is 0 Å². The second-order valence-electron chi connectivity index (χ2n) is 5.14. The molecule has 0 aliphatic carbocycles. The van der Waals surface area contributed by atoms with Crippen LogP contribution in [0.2, 0.25) is 0 Å². The van der Waals surface area contributed by atoms with Gasteiger partial charge in [-0.1, -0.05) is 0 Å². The zero-order valence-corrected chi connectivity index (χ0v) is 13.2. The van der Waals surface area contributed by atoms with Crippen molar-refractivity contribution in [2.45, 2.75) is 27.7 Å². The topological polar surface area (TPSA) is 93.8 Å². The van der Waals surface area contributed by atoms with Crippen molar-refractivity contribution >= 4 is 12.1 Å². The summed E-state index contributed by atoms with van der Waals surface area (Å²) in [5, 5.41) is 13.6. The molecule has 0 radical (unpaired) electrons. The average Bonchev–Trinajstić information content (AvgIpc) is 2.96. The van der Waals surface area contributed by atoms with Crippen LogP contribution in [-0.4, -0.2) is 44.7 Å². The summed E-state index contributed by atoms with van der Waals surface area (Å²) >= 11 is 0. The molecule has 2 aromatic rings. The van der Waals surface area contributed by atoms with Gasteiger partial charge >= 0.3 is 12.1 Å². The van der Waals surface area contributed by atoms with Crippen LogP contribution in [0.25, 0.3) is 0 Å². The molecule has 0 unspecified atom stereocenters. The Morgan fingerprint density at radius 1 is 0.864 bits per heavy atom. The number of nitrogens with one attached hydrogen (secondary N) is 2. The van der Waals surface area contributed by atoms with Crippen molar-refractivity contribution in [3.63, 3.8) is 0 Å². The fourth-order valence-electron chi connectivity index (χ4n) is 2.16. The number of aryl methyl sites for hydroxylation is 4. The van der Waals surface area contributed by atoms with Gasteiger partial charge in [0.15, 0.2) is 0 Å². The fraction of sp³-hybridized carbons (Fsp3) is 0.429. The molecular formula is C14H20N6O2. The van der Waals surface area contributed by atoms with Crippen molar-refractivity contribution in [1.82, 2.24) is 30.2 Å². The summed E-state index contributed by atoms with van der Waals surface area (Å²) in [4.78, 5) is 23.8. The third-order valence-electron chi connectivity index (χ3n) is 3.08. The van der Waals surface area contributed by atoms with Crippen LogP contribution in [0.3, 0.4) is 0 Å². The molecule has 0 bridgehead atoms. The lowest BCUT2D eigenvalue weighted by atomic mass is 10.4. The van der Waals surface area contributed by atoms with Gasteiger partial charge in [-0.05, 0) is 39.8 Å². The van der Waals surface area contributed by atoms with Crippen LogP contribution in [0.5, 0.6) is 0 Å². The Labute approximate surface area is 128 Å². The second kappa shape index (κ2) is 6.42. The maximum Gasteiger partial charge on any atom is 0.342 e. The monoisotopic (exact) mass is 304 g/mol. The highest BCUT2D eigenvalue weighted by Gasteiger charge is 2.11. The molecule has 22 heavy (non-hydrogen) atoms. The van der Waals surface area contributed by atoms with Crippen molar-refractivity contribution in [2.75, 3.05) is 13.1 Å². The molecular weight excluding hydrogens is 284 g/mol. The molecule has 2 amide bonds. The Kier molecular flexibility index (Phi) is 4.59. The molecule has 2 rings (SSSR count). The largest absolute Gasteiger partial charge is 0.342 e. The predicted molar refractivity (Wildman–Crippen MR) is 81.0 cm³/mol. The third kappa shape index (κ3) is 3.51. The van der Waals surface area contributed by atoms with E-state index < -0.39 is 0 Å². The number of nitrogens with zero attached hydrogens (tertiary/aromatic N) is 4. The normalized spacial score (nSPS) is 10.5. The minimum Gasteiger partial charge on any atom is -0.334 e. The Morgan fingerprint density at radius 3 is 1.50 bits per heavy atom. The summed E-state index contributed by atoms with van der Waals surface area (Å²) in [5.74, 6) is 0. The summed E-state index contributed by atoms with van der Waals surface area (Å²) in [6, 6.07) is 3.02. The first-order valence-electron chi connectivity index (χ1n) is 7.01. The lowest BCUT2D eigenvalue weighted by Gasteiger charge is -2.08. The number of hydrogen-bond acceptors (Lipinski definition) is 4. The number of rotatable bonds is 3. The van der Waals surface area contributed by atoms with E-state index in [0.717, 1.165) is 22.8 Å². The fourth-order valence-corrected chi connectivity index (χ4v) is 2.16. The Morgan fingerprint density at radius 2 is 1.23 bits per heavy atom. The number of carbonyl (C=O) groups is 2. The van der Waals surface area contributed by atoms with E-state index in [1.54, 1.807) is 0 Å². The van der Waals surface area contributed by atoms with Crippen molar-refractivity contribution in [3.8, 4) is 0 Å². The molecule has 2 N–H and O–H groups in total. The molecule has 0 aromatic carbocycles. The standard InChI is InChI=1S/C14H20N6O2/c1-9-7-11(3)19(17-9)13(21)15-5-6-16-14(22)20-12(4)8-10(2)18-20/h7-8H,5-6H2,1-4H3,(H,15,21)(H,16,22). The molecule has 8 heteroatoms. The van der Waals surface area contributed by atoms with E-state index in [1.165, 1.54) is 9.36 Å². The van der Waals surface area contributed by atoms with Gasteiger partial charge in [-0.3, -0.25) is 0 Å². The summed E-state index contributed by atoms with van der Waals surface area (Å²) in [6.07, 6.45) is 0. The van der Waals surface area contributed by atoms with Crippen LogP contribution in [0, 0.1) is 27.7 Å². The van der Waals surface area contributed by atoms with Gasteiger partial charge in [0.2, 0.25) is 0 Å². The number of aromatic nitrogens is 4. The predicted octanol–water partition coefficient (Wildman–Crippen LogP) is 1.13. The van der Waals surface area contributed by atoms with E-state index in [-0.39, 0.29) is 12.1 Å². The molecule has 0 aliphatic rings. The Hall–Kier alpha value is -2.64. The van der Waals surface area contributed by atoms with Crippen LogP contribution in [0.1, 0.15) is 22.8 Å². The van der Waals surface area contributed by atoms with Gasteiger partial charge in [0.05, 0.1) is 11.4 Å². The Balaban J connectivity index is 1.80. The molecule has 0 saturated carbocycles. The van der Waals surface area contributed by atoms with E-state index in [9.17, 15) is 9.59 Å². The lowest BCUT2D eigenvalue weighted by Crippen LogP contribution is -2.39. The molecule has 118 valence electrons. The van der Waals surface area contributed by atoms with Gasteiger partial charge in [0.25, 0.3) is 0 Å². The molecule has 8 nitrogen and oxygen atoms in total. The van der Waals surface area contributed by atoms with E-state index in [0.29, 0.717) is 13.1 Å². The summed E-state index contributed by atoms with van der Waals surface area (Å²) < 4.78 is 2.61. The molecule has 0 fully saturated rings. The smallest absolute Gasteiger partial charge is 0.334 e. The highest BCUT2D eigenvalue weighted by atomic mass is 16.2. The van der Waals surface area contributed by atoms with Gasteiger partial charge < -0.3 is 10.6 Å². The SMILES string of the molecule is Cc1cc(C)n(C(=O)NCCNC(=O)n2nc(C)cc2C)n1. The van der Waals surface area contributed by atoms with Gasteiger partial charge in [0, 0.05) is 24.5 Å². The maximum atomic E-state index is 11.9. The summed E-state index contributed by atoms with van der Waals surface area (Å²) in [7, 11) is 0. The maximum absolute atomic E-state index is 11.9. The minimum absolute atomic E-state index is 0.308. The first kappa shape index (κ1) is 15.7. The molecule has 2 aromatic heterocycles. The molecule has 0 atom stereocenters. The van der Waals surface area contributed by atoms with E-state index in [1.807, 2.05) is 39.8 Å². The molecule has 0 saturated heterocycles. The van der Waals surface area contributed by atoms with Gasteiger partial charge in [0.1, 0.15) is 0 Å². The number of hydrogen-bond donors (Lipinski definition) is 2. The highest BCUT2D eigenvalue weighted by Crippen LogP contribution is 2.01. The highest BCUT2D eigenvalue weighted by molar-refractivity contribution is 5.77. The van der Waals surface area contributed by atoms with Crippen LogP contribution >= 0.6 is 0 Å². The quantitative estimate of drug-likeness (QED) is 0.831. The summed E-state index contributed by atoms with van der Waals surface area (Å²) in [5.41, 5.74) is 3.10. The molecule has 0 spiro atoms. The third-order valence-corrected chi connectivity index (χ3v) is 3.08. The van der Waals surface area contributed by atoms with Crippen LogP contribution < -0.4 is 10.6 Å². The number of amides is 2. The average molecular weight is 304 g/mol. The molecule has 0 aliphatic heterocycles. The first-order valence-corrected chi connectivity index (χ1v) is 7.01. The van der Waals surface area contributed by atoms with Gasteiger partial charge in [-0.2, -0.15) is 19.6 Å². The Bertz CT molecular complexity index is 640. The number of carbonyl (C=O) groups excluding carboxylic acids is 2. The second-order valence-corrected chi connectivity index (χ2v) is 5.14. The van der Waals surface area contributed by atoms with E-state index in [4.69, 9.17) is 0 Å². The van der Waals surface area contributed by atoms with E-state index in [2.05, 4.69) is 20.8 Å². The summed E-state index contributed by atoms with van der Waals surface area (Å²) in [6.45, 7) is 7.88. The molecule has 2 heterocycles. The first-order chi connectivity index (χ1) is 10.4. The van der Waals surface area contributed by atoms with Crippen molar-refractivity contribution in [2.24, 2.45) is 0 Å². The lowest BCUT2D eigenvalue weighted by molar-refractivity contribution is 0.234. The minimum atomic E-state index is -0.314. The van der Waals surface area contributed by atoms with Gasteiger partial charge in [-0.25, -0.2) is 9.59 Å². The van der Waals surface area contributed by atoms with Crippen molar-refractivity contribution in [1.29, 1.82) is 0 Å². The van der Waals surface area contributed by atoms with Crippen molar-refractivity contribution in [3.05, 3.63) is 34.9 Å². The van der Waals surface area contributed by atoms with Crippen molar-refractivity contribution < 1.29 is 9.59 Å². The van der Waals surface area contributed by atoms with E-state index >= 15 is 0 Å². The van der Waals surface area contributed by atoms with Crippen LogP contribution in [0.4, 0.5) is 9.59 Å².